The summed E-state index contributed by atoms with van der Waals surface area (Å²) in [4.78, 5) is 9.53. The molecule has 3 aromatic rings. The minimum Gasteiger partial charge on any atom is -0.468 e. The fourth-order valence-electron chi connectivity index (χ4n) is 3.25. The van der Waals surface area contributed by atoms with Crippen LogP contribution in [0.3, 0.4) is 0 Å². The Morgan fingerprint density at radius 3 is 2.60 bits per heavy atom. The van der Waals surface area contributed by atoms with Gasteiger partial charge in [-0.15, -0.1) is 0 Å². The smallest absolute Gasteiger partial charge is 0.124 e. The molecule has 0 aliphatic heterocycles. The van der Waals surface area contributed by atoms with Gasteiger partial charge < -0.3 is 13.9 Å². The maximum absolute atomic E-state index is 5.57. The summed E-state index contributed by atoms with van der Waals surface area (Å²) in [6.07, 6.45) is 2.87. The van der Waals surface area contributed by atoms with E-state index >= 15 is 0 Å². The zero-order valence-electron chi connectivity index (χ0n) is 15.5. The molecule has 0 aliphatic carbocycles. The van der Waals surface area contributed by atoms with Gasteiger partial charge in [-0.2, -0.15) is 0 Å². The van der Waals surface area contributed by atoms with Gasteiger partial charge in [0.2, 0.25) is 0 Å². The van der Waals surface area contributed by atoms with E-state index in [9.17, 15) is 0 Å². The maximum atomic E-state index is 5.57. The van der Waals surface area contributed by atoms with Crippen LogP contribution in [0.15, 0.2) is 47.1 Å². The molecule has 0 atom stereocenters. The number of furan rings is 1. The lowest BCUT2D eigenvalue weighted by atomic mass is 10.3. The van der Waals surface area contributed by atoms with Crippen LogP contribution in [-0.2, 0) is 19.6 Å². The molecule has 3 rings (SSSR count). The van der Waals surface area contributed by atoms with Crippen LogP contribution in [0, 0.1) is 0 Å². The average molecular weight is 340 g/mol. The second kappa shape index (κ2) is 8.32. The zero-order valence-corrected chi connectivity index (χ0v) is 15.5. The summed E-state index contributed by atoms with van der Waals surface area (Å²) < 4.78 is 7.88. The van der Waals surface area contributed by atoms with Crippen LogP contribution in [0.25, 0.3) is 11.0 Å². The minimum atomic E-state index is 0.813. The van der Waals surface area contributed by atoms with Gasteiger partial charge in [0.25, 0.3) is 0 Å². The van der Waals surface area contributed by atoms with Crippen molar-refractivity contribution < 1.29 is 4.42 Å². The number of hydrogen-bond donors (Lipinski definition) is 0. The van der Waals surface area contributed by atoms with E-state index in [0.29, 0.717) is 0 Å². The summed E-state index contributed by atoms with van der Waals surface area (Å²) in [6, 6.07) is 12.4. The highest BCUT2D eigenvalue weighted by Crippen LogP contribution is 2.18. The van der Waals surface area contributed by atoms with Gasteiger partial charge in [-0.3, -0.25) is 4.90 Å². The number of fused-ring (bicyclic) bond motifs is 1. The van der Waals surface area contributed by atoms with Crippen molar-refractivity contribution >= 4 is 11.0 Å². The lowest BCUT2D eigenvalue weighted by Crippen LogP contribution is -2.28. The van der Waals surface area contributed by atoms with Crippen molar-refractivity contribution in [1.29, 1.82) is 0 Å². The van der Waals surface area contributed by atoms with Gasteiger partial charge in [0, 0.05) is 13.1 Å². The molecule has 0 amide bonds. The Kier molecular flexibility index (Phi) is 5.89. The predicted octanol–water partition coefficient (Wildman–Crippen LogP) is 3.60. The Morgan fingerprint density at radius 1 is 1.04 bits per heavy atom. The first-order valence-electron chi connectivity index (χ1n) is 9.01. The highest BCUT2D eigenvalue weighted by molar-refractivity contribution is 5.75. The Balaban J connectivity index is 1.78. The molecule has 0 aliphatic rings. The highest BCUT2D eigenvalue weighted by atomic mass is 16.3. The highest BCUT2D eigenvalue weighted by Gasteiger charge is 2.15. The van der Waals surface area contributed by atoms with E-state index in [0.717, 1.165) is 56.2 Å². The number of rotatable bonds is 9. The molecule has 0 fully saturated rings. The van der Waals surface area contributed by atoms with Crippen molar-refractivity contribution in [2.45, 2.75) is 33.0 Å². The van der Waals surface area contributed by atoms with Crippen LogP contribution in [0.5, 0.6) is 0 Å². The van der Waals surface area contributed by atoms with Crippen LogP contribution in [0.2, 0.25) is 0 Å². The van der Waals surface area contributed by atoms with Crippen molar-refractivity contribution in [3.8, 4) is 0 Å². The van der Waals surface area contributed by atoms with Crippen LogP contribution in [0.1, 0.15) is 24.9 Å². The first-order chi connectivity index (χ1) is 12.2. The van der Waals surface area contributed by atoms with E-state index in [-0.39, 0.29) is 0 Å². The van der Waals surface area contributed by atoms with E-state index in [1.54, 1.807) is 6.26 Å². The van der Waals surface area contributed by atoms with E-state index < -0.39 is 0 Å². The van der Waals surface area contributed by atoms with Gasteiger partial charge in [0.05, 0.1) is 30.4 Å². The Bertz CT molecular complexity index is 776. The fraction of sp³-hybridized carbons (Fsp3) is 0.450. The molecular formula is C20H28N4O. The standard InChI is InChI=1S/C20H28N4O/c1-4-24-19-11-6-5-10-18(19)21-20(24)16-23(13-8-12-22(2)3)15-17-9-7-14-25-17/h5-7,9-11,14H,4,8,12-13,15-16H2,1-3H3. The molecule has 2 aromatic heterocycles. The Hall–Kier alpha value is -2.11. The fourth-order valence-corrected chi connectivity index (χ4v) is 3.25. The SMILES string of the molecule is CCn1c(CN(CCCN(C)C)Cc2ccco2)nc2ccccc21. The normalized spacial score (nSPS) is 11.9. The largest absolute Gasteiger partial charge is 0.468 e. The number of imidazole rings is 1. The van der Waals surface area contributed by atoms with Gasteiger partial charge >= 0.3 is 0 Å². The molecule has 0 saturated carbocycles. The molecule has 0 saturated heterocycles. The zero-order chi connectivity index (χ0) is 17.6. The van der Waals surface area contributed by atoms with Gasteiger partial charge in [-0.05, 0) is 58.3 Å². The molecule has 134 valence electrons. The molecule has 25 heavy (non-hydrogen) atoms. The third-order valence-electron chi connectivity index (χ3n) is 4.45. The number of hydrogen-bond acceptors (Lipinski definition) is 4. The van der Waals surface area contributed by atoms with E-state index in [4.69, 9.17) is 9.40 Å². The molecule has 0 bridgehead atoms. The number of nitrogens with zero attached hydrogens (tertiary/aromatic N) is 4. The van der Waals surface area contributed by atoms with Crippen molar-refractivity contribution in [3.63, 3.8) is 0 Å². The molecule has 0 N–H and O–H groups in total. The van der Waals surface area contributed by atoms with Crippen molar-refractivity contribution in [3.05, 3.63) is 54.2 Å². The number of aryl methyl sites for hydroxylation is 1. The van der Waals surface area contributed by atoms with Crippen molar-refractivity contribution in [2.24, 2.45) is 0 Å². The molecule has 5 nitrogen and oxygen atoms in total. The summed E-state index contributed by atoms with van der Waals surface area (Å²) in [5.74, 6) is 2.13. The minimum absolute atomic E-state index is 0.813. The molecule has 0 radical (unpaired) electrons. The van der Waals surface area contributed by atoms with Crippen LogP contribution in [-0.4, -0.2) is 46.5 Å². The molecule has 2 heterocycles. The number of aromatic nitrogens is 2. The summed E-state index contributed by atoms with van der Waals surface area (Å²) in [5, 5.41) is 0. The van der Waals surface area contributed by atoms with E-state index in [2.05, 4.69) is 59.7 Å². The lowest BCUT2D eigenvalue weighted by Gasteiger charge is -2.22. The van der Waals surface area contributed by atoms with Crippen molar-refractivity contribution in [1.82, 2.24) is 19.4 Å². The average Bonchev–Trinajstić information content (AvgIpc) is 3.21. The first kappa shape index (κ1) is 17.7. The summed E-state index contributed by atoms with van der Waals surface area (Å²) in [6.45, 7) is 6.86. The molecular weight excluding hydrogens is 312 g/mol. The van der Waals surface area contributed by atoms with Gasteiger partial charge in [0.1, 0.15) is 11.6 Å². The van der Waals surface area contributed by atoms with Crippen LogP contribution >= 0.6 is 0 Å². The molecule has 5 heteroatoms. The van der Waals surface area contributed by atoms with Crippen LogP contribution < -0.4 is 0 Å². The predicted molar refractivity (Wildman–Crippen MR) is 101 cm³/mol. The third kappa shape index (κ3) is 4.50. The Morgan fingerprint density at radius 2 is 1.88 bits per heavy atom. The topological polar surface area (TPSA) is 37.4 Å². The second-order valence-corrected chi connectivity index (χ2v) is 6.71. The van der Waals surface area contributed by atoms with Gasteiger partial charge in [-0.25, -0.2) is 4.98 Å². The summed E-state index contributed by atoms with van der Waals surface area (Å²) in [7, 11) is 4.24. The Labute approximate surface area is 149 Å². The summed E-state index contributed by atoms with van der Waals surface area (Å²) in [5.41, 5.74) is 2.29. The monoisotopic (exact) mass is 340 g/mol. The quantitative estimate of drug-likeness (QED) is 0.596. The van der Waals surface area contributed by atoms with Crippen LogP contribution in [0.4, 0.5) is 0 Å². The maximum Gasteiger partial charge on any atom is 0.124 e. The van der Waals surface area contributed by atoms with E-state index in [1.807, 2.05) is 12.1 Å². The second-order valence-electron chi connectivity index (χ2n) is 6.71. The van der Waals surface area contributed by atoms with E-state index in [1.165, 1.54) is 5.52 Å². The van der Waals surface area contributed by atoms with Gasteiger partial charge in [0.15, 0.2) is 0 Å². The number of benzene rings is 1. The molecule has 0 spiro atoms. The van der Waals surface area contributed by atoms with Crippen molar-refractivity contribution in [2.75, 3.05) is 27.2 Å². The first-order valence-corrected chi connectivity index (χ1v) is 9.01. The molecule has 0 unspecified atom stereocenters. The number of para-hydroxylation sites is 2. The molecule has 1 aromatic carbocycles. The lowest BCUT2D eigenvalue weighted by molar-refractivity contribution is 0.215. The third-order valence-corrected chi connectivity index (χ3v) is 4.45. The van der Waals surface area contributed by atoms with Gasteiger partial charge in [-0.1, -0.05) is 12.1 Å². The summed E-state index contributed by atoms with van der Waals surface area (Å²) >= 11 is 0.